The van der Waals surface area contributed by atoms with Crippen molar-refractivity contribution in [2.24, 2.45) is 0 Å². The molecular formula is C18H13F2NO4S. The first-order valence-corrected chi connectivity index (χ1v) is 8.40. The number of aryl methyl sites for hydroxylation is 1. The highest BCUT2D eigenvalue weighted by Gasteiger charge is 2.26. The molecule has 0 fully saturated rings. The normalized spacial score (nSPS) is 13.3. The van der Waals surface area contributed by atoms with E-state index >= 15 is 0 Å². The summed E-state index contributed by atoms with van der Waals surface area (Å²) >= 11 is 0.876. The van der Waals surface area contributed by atoms with Crippen LogP contribution in [0.2, 0.25) is 0 Å². The number of aliphatic hydroxyl groups is 1. The van der Waals surface area contributed by atoms with E-state index in [0.29, 0.717) is 6.42 Å². The predicted molar refractivity (Wildman–Crippen MR) is 93.4 cm³/mol. The molecule has 0 bridgehead atoms. The van der Waals surface area contributed by atoms with E-state index in [2.05, 4.69) is 5.32 Å². The highest BCUT2D eigenvalue weighted by atomic mass is 32.1. The van der Waals surface area contributed by atoms with E-state index in [1.807, 2.05) is 0 Å². The minimum Gasteiger partial charge on any atom is -0.507 e. The number of amides is 1. The molecule has 8 heteroatoms. The zero-order valence-electron chi connectivity index (χ0n) is 13.5. The van der Waals surface area contributed by atoms with Gasteiger partial charge in [-0.1, -0.05) is 18.2 Å². The van der Waals surface area contributed by atoms with Crippen molar-refractivity contribution in [1.82, 2.24) is 0 Å². The first-order chi connectivity index (χ1) is 12.3. The Kier molecular flexibility index (Phi) is 4.60. The van der Waals surface area contributed by atoms with Crippen molar-refractivity contribution in [1.29, 1.82) is 0 Å². The smallest absolute Gasteiger partial charge is 0.339 e. The minimum atomic E-state index is -1.39. The number of rotatable bonds is 4. The van der Waals surface area contributed by atoms with Crippen molar-refractivity contribution in [2.45, 2.75) is 13.3 Å². The molecule has 0 atom stereocenters. The molecule has 1 aliphatic carbocycles. The molecule has 1 aromatic heterocycles. The van der Waals surface area contributed by atoms with Crippen LogP contribution in [-0.4, -0.2) is 22.1 Å². The number of hydrogen-bond donors (Lipinski definition) is 3. The molecule has 2 aromatic rings. The Hall–Kier alpha value is -3.00. The average molecular weight is 377 g/mol. The van der Waals surface area contributed by atoms with Gasteiger partial charge >= 0.3 is 5.97 Å². The monoisotopic (exact) mass is 377 g/mol. The van der Waals surface area contributed by atoms with E-state index < -0.39 is 23.5 Å². The molecule has 0 spiro atoms. The fraction of sp³-hybridized carbons (Fsp3) is 0.111. The molecule has 3 N–H and O–H groups in total. The van der Waals surface area contributed by atoms with Gasteiger partial charge in [0.1, 0.15) is 16.3 Å². The van der Waals surface area contributed by atoms with Gasteiger partial charge in [-0.2, -0.15) is 0 Å². The molecule has 0 saturated heterocycles. The maximum absolute atomic E-state index is 14.3. The predicted octanol–water partition coefficient (Wildman–Crippen LogP) is 4.41. The standard InChI is InChI=1S/C18H13F2NO4S/c1-8-5-6-9(15(20)14(8)19)11-7-26-17(13(11)18(24)25)21-16(23)10-3-2-4-12(10)22/h3-7,22H,2H2,1H3,(H,21,23)(H,24,25). The fourth-order valence-corrected chi connectivity index (χ4v) is 3.54. The molecule has 5 nitrogen and oxygen atoms in total. The maximum atomic E-state index is 14.3. The third-order valence-electron chi connectivity index (χ3n) is 3.95. The second kappa shape index (κ2) is 6.72. The number of carbonyl (C=O) groups is 2. The van der Waals surface area contributed by atoms with Crippen LogP contribution in [0.25, 0.3) is 11.1 Å². The number of carboxylic acids is 1. The quantitative estimate of drug-likeness (QED) is 0.737. The number of thiophene rings is 1. The summed E-state index contributed by atoms with van der Waals surface area (Å²) in [5.41, 5.74) is -0.446. The van der Waals surface area contributed by atoms with Crippen LogP contribution in [0.1, 0.15) is 22.3 Å². The van der Waals surface area contributed by atoms with Crippen molar-refractivity contribution in [3.05, 3.63) is 63.8 Å². The summed E-state index contributed by atoms with van der Waals surface area (Å²) in [4.78, 5) is 23.9. The van der Waals surface area contributed by atoms with Gasteiger partial charge < -0.3 is 15.5 Å². The number of benzene rings is 1. The van der Waals surface area contributed by atoms with Crippen LogP contribution in [0, 0.1) is 18.6 Å². The summed E-state index contributed by atoms with van der Waals surface area (Å²) in [6.45, 7) is 1.40. The van der Waals surface area contributed by atoms with Gasteiger partial charge in [-0.3, -0.25) is 4.79 Å². The lowest BCUT2D eigenvalue weighted by atomic mass is 10.0. The lowest BCUT2D eigenvalue weighted by molar-refractivity contribution is -0.112. The third-order valence-corrected chi connectivity index (χ3v) is 4.85. The van der Waals surface area contributed by atoms with E-state index in [1.54, 1.807) is 0 Å². The number of allylic oxidation sites excluding steroid dienone is 2. The van der Waals surface area contributed by atoms with E-state index in [1.165, 1.54) is 36.6 Å². The molecule has 0 radical (unpaired) electrons. The van der Waals surface area contributed by atoms with E-state index in [0.717, 1.165) is 11.3 Å². The van der Waals surface area contributed by atoms with Crippen LogP contribution >= 0.6 is 11.3 Å². The molecule has 26 heavy (non-hydrogen) atoms. The molecule has 134 valence electrons. The highest BCUT2D eigenvalue weighted by Crippen LogP contribution is 2.38. The van der Waals surface area contributed by atoms with Crippen LogP contribution in [0.4, 0.5) is 13.8 Å². The number of hydrogen-bond acceptors (Lipinski definition) is 4. The number of aliphatic hydroxyl groups excluding tert-OH is 1. The van der Waals surface area contributed by atoms with Crippen molar-refractivity contribution in [3.8, 4) is 11.1 Å². The zero-order valence-corrected chi connectivity index (χ0v) is 14.3. The molecule has 1 heterocycles. The summed E-state index contributed by atoms with van der Waals surface area (Å²) in [7, 11) is 0. The average Bonchev–Trinajstić information content (AvgIpc) is 3.19. The number of halogens is 2. The summed E-state index contributed by atoms with van der Waals surface area (Å²) < 4.78 is 28.1. The summed E-state index contributed by atoms with van der Waals surface area (Å²) in [5, 5.41) is 22.8. The first-order valence-electron chi connectivity index (χ1n) is 7.52. The molecule has 0 unspecified atom stereocenters. The van der Waals surface area contributed by atoms with Gasteiger partial charge in [0.05, 0.1) is 5.57 Å². The first kappa shape index (κ1) is 17.8. The summed E-state index contributed by atoms with van der Waals surface area (Å²) in [5.74, 6) is -4.47. The topological polar surface area (TPSA) is 86.6 Å². The largest absolute Gasteiger partial charge is 0.507 e. The van der Waals surface area contributed by atoms with Crippen molar-refractivity contribution < 1.29 is 28.6 Å². The Morgan fingerprint density at radius 1 is 1.15 bits per heavy atom. The molecule has 1 aromatic carbocycles. The second-order valence-electron chi connectivity index (χ2n) is 5.61. The molecule has 1 aliphatic rings. The Morgan fingerprint density at radius 3 is 2.50 bits per heavy atom. The lowest BCUT2D eigenvalue weighted by Gasteiger charge is -2.08. The fourth-order valence-electron chi connectivity index (χ4n) is 2.60. The van der Waals surface area contributed by atoms with Crippen LogP contribution < -0.4 is 5.32 Å². The minimum absolute atomic E-state index is 0.0292. The zero-order chi connectivity index (χ0) is 19.0. The van der Waals surface area contributed by atoms with Gasteiger partial charge in [-0.05, 0) is 25.0 Å². The third kappa shape index (κ3) is 2.99. The van der Waals surface area contributed by atoms with Gasteiger partial charge in [-0.15, -0.1) is 11.3 Å². The number of aromatic carboxylic acids is 1. The van der Waals surface area contributed by atoms with Crippen molar-refractivity contribution >= 4 is 28.2 Å². The van der Waals surface area contributed by atoms with Crippen LogP contribution in [0.5, 0.6) is 0 Å². The maximum Gasteiger partial charge on any atom is 0.339 e. The molecule has 0 saturated carbocycles. The molecule has 1 amide bonds. The van der Waals surface area contributed by atoms with Crippen LogP contribution in [-0.2, 0) is 4.79 Å². The van der Waals surface area contributed by atoms with Gasteiger partial charge in [0.25, 0.3) is 5.91 Å². The van der Waals surface area contributed by atoms with Gasteiger partial charge in [0, 0.05) is 16.5 Å². The van der Waals surface area contributed by atoms with Gasteiger partial charge in [-0.25, -0.2) is 13.6 Å². The SMILES string of the molecule is Cc1ccc(-c2csc(NC(=O)C3=CCC=C3O)c2C(=O)O)c(F)c1F. The summed E-state index contributed by atoms with van der Waals surface area (Å²) in [6, 6.07) is 2.64. The van der Waals surface area contributed by atoms with Gasteiger partial charge in [0.15, 0.2) is 11.6 Å². The Morgan fingerprint density at radius 2 is 1.88 bits per heavy atom. The van der Waals surface area contributed by atoms with E-state index in [-0.39, 0.29) is 38.6 Å². The van der Waals surface area contributed by atoms with E-state index in [9.17, 15) is 28.6 Å². The molecule has 3 rings (SSSR count). The van der Waals surface area contributed by atoms with Crippen molar-refractivity contribution in [2.75, 3.05) is 5.32 Å². The second-order valence-corrected chi connectivity index (χ2v) is 6.49. The van der Waals surface area contributed by atoms with Crippen LogP contribution in [0.15, 0.2) is 41.0 Å². The lowest BCUT2D eigenvalue weighted by Crippen LogP contribution is -2.16. The van der Waals surface area contributed by atoms with Crippen molar-refractivity contribution in [3.63, 3.8) is 0 Å². The number of anilines is 1. The highest BCUT2D eigenvalue weighted by molar-refractivity contribution is 7.15. The van der Waals surface area contributed by atoms with E-state index in [4.69, 9.17) is 0 Å². The molecular weight excluding hydrogens is 364 g/mol. The Balaban J connectivity index is 2.03. The summed E-state index contributed by atoms with van der Waals surface area (Å²) in [6.07, 6.45) is 3.33. The van der Waals surface area contributed by atoms with Gasteiger partial charge in [0.2, 0.25) is 0 Å². The molecule has 0 aliphatic heterocycles. The Labute approximate surface area is 150 Å². The number of carbonyl (C=O) groups excluding carboxylic acids is 1. The Bertz CT molecular complexity index is 991. The van der Waals surface area contributed by atoms with Crippen LogP contribution in [0.3, 0.4) is 0 Å². The number of carboxylic acid groups (broad SMARTS) is 1. The number of nitrogens with one attached hydrogen (secondary N) is 1.